The van der Waals surface area contributed by atoms with Crippen LogP contribution in [0.15, 0.2) is 39.8 Å². The van der Waals surface area contributed by atoms with Crippen LogP contribution in [0.25, 0.3) is 0 Å². The second kappa shape index (κ2) is 7.34. The number of aryl methyl sites for hydroxylation is 1. The van der Waals surface area contributed by atoms with Gasteiger partial charge < -0.3 is 15.1 Å². The van der Waals surface area contributed by atoms with Gasteiger partial charge in [-0.15, -0.1) is 0 Å². The van der Waals surface area contributed by atoms with Gasteiger partial charge in [-0.1, -0.05) is 0 Å². The quantitative estimate of drug-likeness (QED) is 0.433. The average Bonchev–Trinajstić information content (AvgIpc) is 2.96. The van der Waals surface area contributed by atoms with Gasteiger partial charge in [0.2, 0.25) is 0 Å². The van der Waals surface area contributed by atoms with Crippen molar-refractivity contribution in [3.63, 3.8) is 0 Å². The first kappa shape index (κ1) is 18.5. The summed E-state index contributed by atoms with van der Waals surface area (Å²) in [5.74, 6) is -0.172. The van der Waals surface area contributed by atoms with E-state index >= 15 is 0 Å². The number of carbonyl (C=O) groups excluding carboxylic acids is 1. The fraction of sp³-hybridized carbons (Fsp3) is 0.267. The zero-order valence-electron chi connectivity index (χ0n) is 13.6. The Morgan fingerprint density at radius 1 is 1.28 bits per heavy atom. The van der Waals surface area contributed by atoms with Gasteiger partial charge in [-0.3, -0.25) is 14.9 Å². The molecule has 2 aromatic rings. The van der Waals surface area contributed by atoms with E-state index in [9.17, 15) is 23.3 Å². The first-order chi connectivity index (χ1) is 11.7. The van der Waals surface area contributed by atoms with Crippen LogP contribution in [0.5, 0.6) is 0 Å². The third-order valence-corrected chi connectivity index (χ3v) is 4.50. The lowest BCUT2D eigenvalue weighted by atomic mass is 10.2. The van der Waals surface area contributed by atoms with Crippen molar-refractivity contribution in [2.75, 3.05) is 24.7 Å². The number of anilines is 1. The molecule has 0 aliphatic heterocycles. The van der Waals surface area contributed by atoms with Crippen LogP contribution in [0.1, 0.15) is 16.1 Å². The lowest BCUT2D eigenvalue weighted by molar-refractivity contribution is -0.384. The predicted octanol–water partition coefficient (Wildman–Crippen LogP) is 1.74. The lowest BCUT2D eigenvalue weighted by Crippen LogP contribution is -2.29. The Morgan fingerprint density at radius 3 is 2.56 bits per heavy atom. The van der Waals surface area contributed by atoms with E-state index < -0.39 is 14.8 Å². The van der Waals surface area contributed by atoms with Crippen LogP contribution in [0.4, 0.5) is 11.4 Å². The SMILES string of the molecule is Cc1ccoc1C(=O)NCCNc1ccc(S(C)(=O)=O)cc1[N+](=O)[O-]. The standard InChI is InChI=1S/C15H17N3O6S/c1-10-5-8-24-14(10)15(19)17-7-6-16-12-4-3-11(25(2,22)23)9-13(12)18(20)21/h3-5,8-9,16H,6-7H2,1-2H3,(H,17,19). The molecule has 2 rings (SSSR count). The van der Waals surface area contributed by atoms with Gasteiger partial charge in [-0.05, 0) is 25.1 Å². The second-order valence-electron chi connectivity index (χ2n) is 5.32. The summed E-state index contributed by atoms with van der Waals surface area (Å²) in [6.45, 7) is 2.15. The summed E-state index contributed by atoms with van der Waals surface area (Å²) in [7, 11) is -3.54. The normalized spacial score (nSPS) is 11.1. The number of amides is 1. The van der Waals surface area contributed by atoms with Gasteiger partial charge in [0, 0.05) is 31.0 Å². The molecule has 134 valence electrons. The zero-order chi connectivity index (χ0) is 18.6. The zero-order valence-corrected chi connectivity index (χ0v) is 14.4. The van der Waals surface area contributed by atoms with E-state index in [0.29, 0.717) is 5.56 Å². The highest BCUT2D eigenvalue weighted by atomic mass is 32.2. The Balaban J connectivity index is 2.00. The van der Waals surface area contributed by atoms with Gasteiger partial charge in [0.1, 0.15) is 5.69 Å². The molecule has 0 spiro atoms. The Kier molecular flexibility index (Phi) is 5.42. The van der Waals surface area contributed by atoms with Crippen molar-refractivity contribution < 1.29 is 22.6 Å². The Hall–Kier alpha value is -2.88. The van der Waals surface area contributed by atoms with Crippen molar-refractivity contribution in [3.05, 3.63) is 52.0 Å². The number of hydrogen-bond donors (Lipinski definition) is 2. The summed E-state index contributed by atoms with van der Waals surface area (Å²) < 4.78 is 28.0. The highest BCUT2D eigenvalue weighted by Gasteiger charge is 2.18. The summed E-state index contributed by atoms with van der Waals surface area (Å²) in [6.07, 6.45) is 2.39. The molecule has 0 radical (unpaired) electrons. The van der Waals surface area contributed by atoms with E-state index in [2.05, 4.69) is 10.6 Å². The molecule has 0 unspecified atom stereocenters. The number of nitro groups is 1. The van der Waals surface area contributed by atoms with Crippen molar-refractivity contribution >= 4 is 27.1 Å². The van der Waals surface area contributed by atoms with Crippen molar-refractivity contribution in [1.82, 2.24) is 5.32 Å². The molecule has 0 aliphatic rings. The Morgan fingerprint density at radius 2 is 2.00 bits per heavy atom. The third kappa shape index (κ3) is 4.57. The molecular weight excluding hydrogens is 350 g/mol. The minimum absolute atomic E-state index is 0.133. The van der Waals surface area contributed by atoms with Crippen molar-refractivity contribution in [2.24, 2.45) is 0 Å². The first-order valence-corrected chi connectivity index (χ1v) is 9.14. The fourth-order valence-electron chi connectivity index (χ4n) is 2.10. The number of benzene rings is 1. The molecule has 2 N–H and O–H groups in total. The van der Waals surface area contributed by atoms with E-state index in [0.717, 1.165) is 12.3 Å². The number of nitrogens with one attached hydrogen (secondary N) is 2. The largest absolute Gasteiger partial charge is 0.459 e. The van der Waals surface area contributed by atoms with Crippen LogP contribution in [-0.4, -0.2) is 38.6 Å². The summed E-state index contributed by atoms with van der Waals surface area (Å²) in [6, 6.07) is 5.28. The van der Waals surface area contributed by atoms with Crippen LogP contribution >= 0.6 is 0 Å². The Labute approximate surface area is 144 Å². The van der Waals surface area contributed by atoms with Crippen molar-refractivity contribution in [3.8, 4) is 0 Å². The maximum absolute atomic E-state index is 11.9. The summed E-state index contributed by atoms with van der Waals surface area (Å²) in [5, 5.41) is 16.5. The van der Waals surface area contributed by atoms with E-state index in [1.807, 2.05) is 0 Å². The summed E-state index contributed by atoms with van der Waals surface area (Å²) >= 11 is 0. The number of sulfone groups is 1. The molecule has 9 nitrogen and oxygen atoms in total. The molecule has 1 aromatic heterocycles. The molecular formula is C15H17N3O6S. The van der Waals surface area contributed by atoms with Gasteiger partial charge in [0.05, 0.1) is 16.1 Å². The molecule has 0 fully saturated rings. The molecule has 1 heterocycles. The molecule has 25 heavy (non-hydrogen) atoms. The van der Waals surface area contributed by atoms with Crippen LogP contribution in [0, 0.1) is 17.0 Å². The predicted molar refractivity (Wildman–Crippen MR) is 90.5 cm³/mol. The third-order valence-electron chi connectivity index (χ3n) is 3.39. The van der Waals surface area contributed by atoms with Gasteiger partial charge in [-0.2, -0.15) is 0 Å². The molecule has 0 saturated heterocycles. The lowest BCUT2D eigenvalue weighted by Gasteiger charge is -2.09. The van der Waals surface area contributed by atoms with Gasteiger partial charge >= 0.3 is 0 Å². The molecule has 0 atom stereocenters. The van der Waals surface area contributed by atoms with Crippen LogP contribution in [0.3, 0.4) is 0 Å². The number of furan rings is 1. The van der Waals surface area contributed by atoms with Gasteiger partial charge in [0.15, 0.2) is 15.6 Å². The average molecular weight is 367 g/mol. The summed E-state index contributed by atoms with van der Waals surface area (Å²) in [5.41, 5.74) is 0.523. The number of nitrogens with zero attached hydrogens (tertiary/aromatic N) is 1. The van der Waals surface area contributed by atoms with E-state index in [4.69, 9.17) is 4.42 Å². The minimum atomic E-state index is -3.54. The van der Waals surface area contributed by atoms with Crippen LogP contribution in [-0.2, 0) is 9.84 Å². The Bertz CT molecular complexity index is 904. The highest BCUT2D eigenvalue weighted by Crippen LogP contribution is 2.27. The topological polar surface area (TPSA) is 132 Å². The van der Waals surface area contributed by atoms with Crippen molar-refractivity contribution in [1.29, 1.82) is 0 Å². The molecule has 0 saturated carbocycles. The van der Waals surface area contributed by atoms with E-state index in [1.165, 1.54) is 18.4 Å². The van der Waals surface area contributed by atoms with Crippen LogP contribution in [0.2, 0.25) is 0 Å². The molecule has 1 aromatic carbocycles. The number of nitro benzene ring substituents is 1. The highest BCUT2D eigenvalue weighted by molar-refractivity contribution is 7.90. The maximum Gasteiger partial charge on any atom is 0.293 e. The smallest absolute Gasteiger partial charge is 0.293 e. The molecule has 0 bridgehead atoms. The van der Waals surface area contributed by atoms with Crippen molar-refractivity contribution in [2.45, 2.75) is 11.8 Å². The first-order valence-electron chi connectivity index (χ1n) is 7.25. The monoisotopic (exact) mass is 367 g/mol. The molecule has 1 amide bonds. The minimum Gasteiger partial charge on any atom is -0.459 e. The van der Waals surface area contributed by atoms with Gasteiger partial charge in [0.25, 0.3) is 11.6 Å². The van der Waals surface area contributed by atoms with E-state index in [1.54, 1.807) is 13.0 Å². The molecule has 10 heteroatoms. The molecule has 0 aliphatic carbocycles. The summed E-state index contributed by atoms with van der Waals surface area (Å²) in [4.78, 5) is 22.2. The van der Waals surface area contributed by atoms with E-state index in [-0.39, 0.29) is 41.0 Å². The number of carbonyl (C=O) groups is 1. The van der Waals surface area contributed by atoms with Gasteiger partial charge in [-0.25, -0.2) is 8.42 Å². The number of hydrogen-bond acceptors (Lipinski definition) is 7. The van der Waals surface area contributed by atoms with Crippen LogP contribution < -0.4 is 10.6 Å². The second-order valence-corrected chi connectivity index (χ2v) is 7.34. The number of rotatable bonds is 7. The maximum atomic E-state index is 11.9. The fourth-order valence-corrected chi connectivity index (χ4v) is 2.74.